The van der Waals surface area contributed by atoms with Gasteiger partial charge in [-0.1, -0.05) is 0 Å². The molecule has 18 heavy (non-hydrogen) atoms. The quantitative estimate of drug-likeness (QED) is 0.812. The van der Waals surface area contributed by atoms with Crippen LogP contribution in [0, 0.1) is 5.92 Å². The lowest BCUT2D eigenvalue weighted by atomic mass is 10.1. The molecule has 2 rings (SSSR count). The number of hydrogen-bond donors (Lipinski definition) is 1. The number of carbonyl (C=O) groups is 1. The van der Waals surface area contributed by atoms with Crippen molar-refractivity contribution in [2.24, 2.45) is 5.92 Å². The molecule has 1 aliphatic rings. The van der Waals surface area contributed by atoms with E-state index in [1.807, 2.05) is 43.9 Å². The summed E-state index contributed by atoms with van der Waals surface area (Å²) in [6.07, 6.45) is 4.75. The van der Waals surface area contributed by atoms with Gasteiger partial charge in [-0.05, 0) is 27.2 Å². The zero-order valence-corrected chi connectivity index (χ0v) is 11.3. The van der Waals surface area contributed by atoms with Crippen LogP contribution in [0.2, 0.25) is 0 Å². The van der Waals surface area contributed by atoms with Gasteiger partial charge >= 0.3 is 6.09 Å². The molecular formula is C13H22N3O2+. The standard InChI is InChI=1S/C13H21N3O2/c1-13(2,3)18-12(17)15-8-5-11(9-15)10-16-7-4-6-14-16/h4,6-7,11H,5,8-10H2,1-3H3/p+1/t11-/m1/s1. The van der Waals surface area contributed by atoms with Crippen LogP contribution in [-0.2, 0) is 11.3 Å². The number of amides is 1. The van der Waals surface area contributed by atoms with Gasteiger partial charge in [0.2, 0.25) is 0 Å². The summed E-state index contributed by atoms with van der Waals surface area (Å²) in [5.41, 5.74) is -0.413. The average molecular weight is 252 g/mol. The molecule has 2 heterocycles. The first-order valence-electron chi connectivity index (χ1n) is 6.45. The van der Waals surface area contributed by atoms with Crippen molar-refractivity contribution in [3.63, 3.8) is 0 Å². The van der Waals surface area contributed by atoms with Crippen LogP contribution in [0.5, 0.6) is 0 Å². The van der Waals surface area contributed by atoms with Crippen LogP contribution >= 0.6 is 0 Å². The molecule has 1 N–H and O–H groups in total. The van der Waals surface area contributed by atoms with Gasteiger partial charge in [0.25, 0.3) is 0 Å². The highest BCUT2D eigenvalue weighted by Crippen LogP contribution is 2.19. The van der Waals surface area contributed by atoms with E-state index in [2.05, 4.69) is 5.10 Å². The van der Waals surface area contributed by atoms with Crippen molar-refractivity contribution in [2.45, 2.75) is 39.3 Å². The van der Waals surface area contributed by atoms with Crippen LogP contribution in [0.15, 0.2) is 18.5 Å². The van der Waals surface area contributed by atoms with Gasteiger partial charge in [0.1, 0.15) is 5.60 Å². The molecule has 1 aromatic heterocycles. The van der Waals surface area contributed by atoms with Gasteiger partial charge in [-0.2, -0.15) is 5.10 Å². The maximum atomic E-state index is 11.9. The van der Waals surface area contributed by atoms with E-state index in [1.54, 1.807) is 4.90 Å². The molecule has 0 saturated carbocycles. The Balaban J connectivity index is 1.83. The molecule has 1 fully saturated rings. The summed E-state index contributed by atoms with van der Waals surface area (Å²) >= 11 is 0. The Labute approximate surface area is 108 Å². The number of carbonyl (C=O) groups excluding carboxylic acids is 1. The molecule has 5 heteroatoms. The van der Waals surface area contributed by atoms with Crippen molar-refractivity contribution in [1.29, 1.82) is 0 Å². The minimum atomic E-state index is -0.413. The van der Waals surface area contributed by atoms with Gasteiger partial charge in [0.05, 0.1) is 6.20 Å². The van der Waals surface area contributed by atoms with E-state index >= 15 is 0 Å². The fourth-order valence-corrected chi connectivity index (χ4v) is 2.19. The number of nitrogens with zero attached hydrogens (tertiary/aromatic N) is 2. The van der Waals surface area contributed by atoms with Crippen molar-refractivity contribution < 1.29 is 14.2 Å². The summed E-state index contributed by atoms with van der Waals surface area (Å²) < 4.78 is 7.42. The number of H-pyrrole nitrogens is 1. The minimum absolute atomic E-state index is 0.193. The van der Waals surface area contributed by atoms with E-state index in [0.717, 1.165) is 26.1 Å². The Kier molecular flexibility index (Phi) is 3.59. The lowest BCUT2D eigenvalue weighted by Crippen LogP contribution is -2.40. The molecular weight excluding hydrogens is 230 g/mol. The summed E-state index contributed by atoms with van der Waals surface area (Å²) in [6.45, 7) is 8.18. The zero-order chi connectivity index (χ0) is 13.2. The molecule has 0 bridgehead atoms. The van der Waals surface area contributed by atoms with Crippen LogP contribution in [0.4, 0.5) is 4.79 Å². The molecule has 1 atom stereocenters. The van der Waals surface area contributed by atoms with Crippen molar-refractivity contribution in [2.75, 3.05) is 13.1 Å². The maximum absolute atomic E-state index is 11.9. The highest BCUT2D eigenvalue weighted by molar-refractivity contribution is 5.68. The average Bonchev–Trinajstić information content (AvgIpc) is 2.86. The van der Waals surface area contributed by atoms with Crippen molar-refractivity contribution in [3.8, 4) is 0 Å². The molecule has 1 saturated heterocycles. The van der Waals surface area contributed by atoms with Gasteiger partial charge in [-0.3, -0.25) is 0 Å². The lowest BCUT2D eigenvalue weighted by molar-refractivity contribution is -0.755. The first-order valence-corrected chi connectivity index (χ1v) is 6.45. The molecule has 1 amide bonds. The molecule has 0 aromatic carbocycles. The van der Waals surface area contributed by atoms with E-state index in [4.69, 9.17) is 4.74 Å². The van der Waals surface area contributed by atoms with Gasteiger partial charge in [0, 0.05) is 25.1 Å². The summed E-state index contributed by atoms with van der Waals surface area (Å²) in [5.74, 6) is 0.501. The topological polar surface area (TPSA) is 49.2 Å². The number of hydrogen-bond acceptors (Lipinski definition) is 2. The Morgan fingerprint density at radius 1 is 1.56 bits per heavy atom. The fourth-order valence-electron chi connectivity index (χ4n) is 2.19. The van der Waals surface area contributed by atoms with Crippen LogP contribution < -0.4 is 4.68 Å². The fraction of sp³-hybridized carbons (Fsp3) is 0.692. The van der Waals surface area contributed by atoms with E-state index < -0.39 is 5.60 Å². The molecule has 1 aliphatic heterocycles. The Morgan fingerprint density at radius 3 is 2.94 bits per heavy atom. The third-order valence-corrected chi connectivity index (χ3v) is 3.00. The number of aromatic nitrogens is 2. The smallest absolute Gasteiger partial charge is 0.410 e. The molecule has 5 nitrogen and oxygen atoms in total. The molecule has 0 spiro atoms. The normalized spacial score (nSPS) is 20.2. The second-order valence-corrected chi connectivity index (χ2v) is 5.87. The first-order chi connectivity index (χ1) is 8.44. The van der Waals surface area contributed by atoms with Crippen LogP contribution in [-0.4, -0.2) is 34.8 Å². The van der Waals surface area contributed by atoms with E-state index in [9.17, 15) is 4.79 Å². The number of rotatable bonds is 2. The maximum Gasteiger partial charge on any atom is 0.410 e. The highest BCUT2D eigenvalue weighted by Gasteiger charge is 2.31. The molecule has 1 aromatic rings. The Bertz CT molecular complexity index is 395. The molecule has 0 unspecified atom stereocenters. The number of likely N-dealkylation sites (tertiary alicyclic amines) is 1. The molecule has 0 radical (unpaired) electrons. The number of nitrogens with one attached hydrogen (secondary N) is 1. The predicted molar refractivity (Wildman–Crippen MR) is 66.9 cm³/mol. The first kappa shape index (κ1) is 12.9. The monoisotopic (exact) mass is 252 g/mol. The summed E-state index contributed by atoms with van der Waals surface area (Å²) in [6, 6.07) is 1.97. The Hall–Kier alpha value is -1.52. The molecule has 100 valence electrons. The highest BCUT2D eigenvalue weighted by atomic mass is 16.6. The van der Waals surface area contributed by atoms with Gasteiger partial charge in [-0.25, -0.2) is 4.79 Å². The number of ether oxygens (including phenoxy) is 1. The number of aromatic amines is 1. The van der Waals surface area contributed by atoms with Crippen molar-refractivity contribution >= 4 is 6.09 Å². The van der Waals surface area contributed by atoms with E-state index in [0.29, 0.717) is 5.92 Å². The summed E-state index contributed by atoms with van der Waals surface area (Å²) in [5, 5.41) is 3.13. The molecule has 0 aliphatic carbocycles. The van der Waals surface area contributed by atoms with Crippen LogP contribution in [0.3, 0.4) is 0 Å². The second kappa shape index (κ2) is 5.00. The third-order valence-electron chi connectivity index (χ3n) is 3.00. The van der Waals surface area contributed by atoms with Gasteiger partial charge in [0.15, 0.2) is 12.7 Å². The minimum Gasteiger partial charge on any atom is -0.444 e. The SMILES string of the molecule is CC(C)(C)OC(=O)N1CC[C@@H](C[n+]2ccc[nH]2)C1. The zero-order valence-electron chi connectivity index (χ0n) is 11.3. The largest absolute Gasteiger partial charge is 0.444 e. The van der Waals surface area contributed by atoms with E-state index in [1.165, 1.54) is 0 Å². The third kappa shape index (κ3) is 3.48. The van der Waals surface area contributed by atoms with Crippen LogP contribution in [0.25, 0.3) is 0 Å². The summed E-state index contributed by atoms with van der Waals surface area (Å²) in [4.78, 5) is 13.7. The van der Waals surface area contributed by atoms with E-state index in [-0.39, 0.29) is 6.09 Å². The summed E-state index contributed by atoms with van der Waals surface area (Å²) in [7, 11) is 0. The predicted octanol–water partition coefficient (Wildman–Crippen LogP) is 1.56. The van der Waals surface area contributed by atoms with Crippen molar-refractivity contribution in [1.82, 2.24) is 10.00 Å². The Morgan fingerprint density at radius 2 is 2.33 bits per heavy atom. The van der Waals surface area contributed by atoms with Gasteiger partial charge in [-0.15, -0.1) is 4.68 Å². The van der Waals surface area contributed by atoms with Gasteiger partial charge < -0.3 is 9.64 Å². The van der Waals surface area contributed by atoms with Crippen molar-refractivity contribution in [3.05, 3.63) is 18.5 Å². The van der Waals surface area contributed by atoms with Crippen LogP contribution in [0.1, 0.15) is 27.2 Å². The second-order valence-electron chi connectivity index (χ2n) is 5.87. The lowest BCUT2D eigenvalue weighted by Gasteiger charge is -2.24.